The number of hydrogen-bond acceptors (Lipinski definition) is 6. The number of esters is 1. The first kappa shape index (κ1) is 24.2. The third-order valence-corrected chi connectivity index (χ3v) is 9.15. The fraction of sp³-hybridized carbons (Fsp3) is 0.607. The number of nitrogens with zero attached hydrogens (tertiary/aromatic N) is 2. The Labute approximate surface area is 207 Å². The van der Waals surface area contributed by atoms with Gasteiger partial charge < -0.3 is 14.7 Å². The molecule has 35 heavy (non-hydrogen) atoms. The van der Waals surface area contributed by atoms with Crippen molar-refractivity contribution in [2.75, 3.05) is 31.1 Å². The van der Waals surface area contributed by atoms with Crippen molar-refractivity contribution in [3.05, 3.63) is 42.0 Å². The standard InChI is InChI=1S/C28H36N2O5/c1-3-29-17-26-12-7-4-8-15-28(26,34)27(18-29,14-9-13-26)19-35-25(33)21-10-5-6-11-22(21)30-23(31)16-20(2)24(30)32/h4-6,8,10-11,20,34H,3,7,9,12-19H2,1-2H3/t20?,26-,27+,28+/m0/s1. The van der Waals surface area contributed by atoms with Gasteiger partial charge in [0.2, 0.25) is 11.8 Å². The summed E-state index contributed by atoms with van der Waals surface area (Å²) >= 11 is 0. The van der Waals surface area contributed by atoms with E-state index in [-0.39, 0.29) is 41.5 Å². The Morgan fingerprint density at radius 2 is 1.94 bits per heavy atom. The molecule has 0 radical (unpaired) electrons. The second-order valence-corrected chi connectivity index (χ2v) is 11.1. The molecular formula is C28H36N2O5. The molecule has 7 heteroatoms. The van der Waals surface area contributed by atoms with E-state index in [4.69, 9.17) is 4.74 Å². The van der Waals surface area contributed by atoms with Crippen LogP contribution in [0.2, 0.25) is 0 Å². The molecule has 1 unspecified atom stereocenters. The van der Waals surface area contributed by atoms with Crippen LogP contribution < -0.4 is 4.90 Å². The fourth-order valence-electron chi connectivity index (χ4n) is 7.27. The molecule has 2 amide bonds. The molecule has 7 nitrogen and oxygen atoms in total. The lowest BCUT2D eigenvalue weighted by Crippen LogP contribution is -2.73. The maximum Gasteiger partial charge on any atom is 0.340 e. The molecule has 2 heterocycles. The van der Waals surface area contributed by atoms with E-state index in [0.717, 1.165) is 50.1 Å². The van der Waals surface area contributed by atoms with Crippen LogP contribution in [0.4, 0.5) is 5.69 Å². The van der Waals surface area contributed by atoms with Gasteiger partial charge in [-0.3, -0.25) is 9.59 Å². The lowest BCUT2D eigenvalue weighted by atomic mass is 9.47. The van der Waals surface area contributed by atoms with E-state index in [1.54, 1.807) is 31.2 Å². The van der Waals surface area contributed by atoms with Crippen LogP contribution in [0.15, 0.2) is 36.4 Å². The second-order valence-electron chi connectivity index (χ2n) is 11.1. The highest BCUT2D eigenvalue weighted by Gasteiger charge is 2.67. The zero-order chi connectivity index (χ0) is 24.8. The number of ether oxygens (including phenoxy) is 1. The Morgan fingerprint density at radius 3 is 2.69 bits per heavy atom. The van der Waals surface area contributed by atoms with Crippen LogP contribution in [-0.2, 0) is 14.3 Å². The van der Waals surface area contributed by atoms with Crippen molar-refractivity contribution in [3.63, 3.8) is 0 Å². The summed E-state index contributed by atoms with van der Waals surface area (Å²) in [4.78, 5) is 42.1. The summed E-state index contributed by atoms with van der Waals surface area (Å²) in [6, 6.07) is 6.65. The number of imide groups is 1. The normalized spacial score (nSPS) is 35.1. The van der Waals surface area contributed by atoms with E-state index in [9.17, 15) is 19.5 Å². The first-order valence-corrected chi connectivity index (χ1v) is 13.0. The lowest BCUT2D eigenvalue weighted by molar-refractivity contribution is -0.254. The van der Waals surface area contributed by atoms with E-state index in [1.165, 1.54) is 0 Å². The zero-order valence-corrected chi connectivity index (χ0v) is 20.8. The maximum absolute atomic E-state index is 13.4. The first-order chi connectivity index (χ1) is 16.8. The molecule has 4 aliphatic rings. The van der Waals surface area contributed by atoms with Crippen molar-refractivity contribution in [2.24, 2.45) is 16.7 Å². The molecular weight excluding hydrogens is 444 g/mol. The van der Waals surface area contributed by atoms with Gasteiger partial charge in [-0.2, -0.15) is 0 Å². The summed E-state index contributed by atoms with van der Waals surface area (Å²) in [6.07, 6.45) is 9.68. The van der Waals surface area contributed by atoms with Gasteiger partial charge in [-0.05, 0) is 50.8 Å². The van der Waals surface area contributed by atoms with E-state index >= 15 is 0 Å². The van der Waals surface area contributed by atoms with E-state index < -0.39 is 22.9 Å². The minimum Gasteiger partial charge on any atom is -0.461 e. The SMILES string of the molecule is CCN1C[C@@]23CCC=CC[C@]2(O)[C@](COC(=O)c2ccccc2N2C(=O)CC(C)C2=O)(CCC3)C1. The van der Waals surface area contributed by atoms with Crippen molar-refractivity contribution in [2.45, 2.75) is 64.4 Å². The highest BCUT2D eigenvalue weighted by Crippen LogP contribution is 2.62. The lowest BCUT2D eigenvalue weighted by Gasteiger charge is -2.66. The number of amides is 2. The van der Waals surface area contributed by atoms with Crippen LogP contribution in [-0.4, -0.2) is 59.6 Å². The number of aliphatic hydroxyl groups is 1. The van der Waals surface area contributed by atoms with Gasteiger partial charge in [-0.1, -0.05) is 44.6 Å². The first-order valence-electron chi connectivity index (χ1n) is 13.0. The predicted molar refractivity (Wildman–Crippen MR) is 132 cm³/mol. The minimum absolute atomic E-state index is 0.112. The van der Waals surface area contributed by atoms with E-state index in [1.807, 2.05) is 0 Å². The summed E-state index contributed by atoms with van der Waals surface area (Å²) in [5, 5.41) is 12.3. The summed E-state index contributed by atoms with van der Waals surface area (Å²) in [7, 11) is 0. The number of benzene rings is 1. The summed E-state index contributed by atoms with van der Waals surface area (Å²) < 4.78 is 5.99. The van der Waals surface area contributed by atoms with E-state index in [0.29, 0.717) is 13.0 Å². The van der Waals surface area contributed by atoms with Crippen LogP contribution in [0.1, 0.15) is 69.2 Å². The van der Waals surface area contributed by atoms with Crippen molar-refractivity contribution in [1.82, 2.24) is 4.90 Å². The van der Waals surface area contributed by atoms with Crippen molar-refractivity contribution >= 4 is 23.5 Å². The molecule has 1 aromatic carbocycles. The summed E-state index contributed by atoms with van der Waals surface area (Å²) in [5.41, 5.74) is -1.22. The van der Waals surface area contributed by atoms with Crippen molar-refractivity contribution in [3.8, 4) is 0 Å². The Balaban J connectivity index is 1.44. The molecule has 4 atom stereocenters. The average Bonchev–Trinajstić information content (AvgIpc) is 2.97. The molecule has 5 rings (SSSR count). The van der Waals surface area contributed by atoms with Crippen molar-refractivity contribution < 1.29 is 24.2 Å². The highest BCUT2D eigenvalue weighted by molar-refractivity contribution is 6.22. The number of carbonyl (C=O) groups excluding carboxylic acids is 3. The number of allylic oxidation sites excluding steroid dienone is 1. The maximum atomic E-state index is 13.4. The number of rotatable bonds is 5. The molecule has 2 aliphatic heterocycles. The molecule has 188 valence electrons. The van der Waals surface area contributed by atoms with Gasteiger partial charge in [-0.25, -0.2) is 9.69 Å². The highest BCUT2D eigenvalue weighted by atomic mass is 16.5. The number of piperidine rings is 1. The second kappa shape index (κ2) is 8.86. The molecule has 2 bridgehead atoms. The number of hydrogen-bond donors (Lipinski definition) is 1. The van der Waals surface area contributed by atoms with Gasteiger partial charge in [0.1, 0.15) is 6.61 Å². The van der Waals surface area contributed by atoms with Gasteiger partial charge in [0.15, 0.2) is 0 Å². The van der Waals surface area contributed by atoms with Gasteiger partial charge in [0, 0.05) is 36.3 Å². The summed E-state index contributed by atoms with van der Waals surface area (Å²) in [6.45, 7) is 6.43. The molecule has 0 spiro atoms. The van der Waals surface area contributed by atoms with Crippen LogP contribution in [0.5, 0.6) is 0 Å². The molecule has 1 saturated carbocycles. The third-order valence-electron chi connectivity index (χ3n) is 9.15. The Hall–Kier alpha value is -2.51. The Morgan fingerprint density at radius 1 is 1.14 bits per heavy atom. The van der Waals surface area contributed by atoms with Crippen LogP contribution in [0.25, 0.3) is 0 Å². The minimum atomic E-state index is -0.937. The molecule has 1 N–H and O–H groups in total. The van der Waals surface area contributed by atoms with E-state index in [2.05, 4.69) is 24.0 Å². The van der Waals surface area contributed by atoms with Crippen LogP contribution in [0, 0.1) is 16.7 Å². The molecule has 0 aromatic heterocycles. The average molecular weight is 481 g/mol. The smallest absolute Gasteiger partial charge is 0.340 e. The number of carbonyl (C=O) groups is 3. The topological polar surface area (TPSA) is 87.2 Å². The van der Waals surface area contributed by atoms with Gasteiger partial charge in [0.05, 0.1) is 16.9 Å². The monoisotopic (exact) mass is 480 g/mol. The van der Waals surface area contributed by atoms with Crippen LogP contribution >= 0.6 is 0 Å². The van der Waals surface area contributed by atoms with Gasteiger partial charge in [-0.15, -0.1) is 0 Å². The number of anilines is 1. The zero-order valence-electron chi connectivity index (χ0n) is 20.8. The van der Waals surface area contributed by atoms with Gasteiger partial charge >= 0.3 is 5.97 Å². The molecule has 3 fully saturated rings. The quantitative estimate of drug-likeness (QED) is 0.393. The van der Waals surface area contributed by atoms with Gasteiger partial charge in [0.25, 0.3) is 0 Å². The molecule has 2 saturated heterocycles. The molecule has 1 aromatic rings. The number of para-hydroxylation sites is 1. The Bertz CT molecular complexity index is 1070. The predicted octanol–water partition coefficient (Wildman–Crippen LogP) is 3.71. The largest absolute Gasteiger partial charge is 0.461 e. The Kier molecular flexibility index (Phi) is 6.12. The van der Waals surface area contributed by atoms with Crippen LogP contribution in [0.3, 0.4) is 0 Å². The summed E-state index contributed by atoms with van der Waals surface area (Å²) in [5.74, 6) is -1.56. The third kappa shape index (κ3) is 3.66. The van der Waals surface area contributed by atoms with Crippen molar-refractivity contribution in [1.29, 1.82) is 0 Å². The fourth-order valence-corrected chi connectivity index (χ4v) is 7.27. The number of likely N-dealkylation sites (tertiary alicyclic amines) is 1. The molecule has 2 aliphatic carbocycles.